The maximum Gasteiger partial charge on any atom is 0.387 e. The fraction of sp³-hybridized carbons (Fsp3) is 0.409. The Kier molecular flexibility index (Phi) is 8.27. The molecule has 180 valence electrons. The molecule has 1 unspecified atom stereocenters. The third-order valence-corrected chi connectivity index (χ3v) is 5.19. The first-order valence-corrected chi connectivity index (χ1v) is 10.1. The molecule has 0 bridgehead atoms. The normalized spacial score (nSPS) is 16.1. The molecule has 0 aliphatic carbocycles. The first kappa shape index (κ1) is 24.9. The molecule has 11 heteroatoms. The van der Waals surface area contributed by atoms with Crippen molar-refractivity contribution in [2.75, 3.05) is 21.0 Å². The fourth-order valence-electron chi connectivity index (χ4n) is 3.70. The number of hydrogen-bond donors (Lipinski definition) is 2. The highest BCUT2D eigenvalue weighted by atomic mass is 127. The number of nitrogens with one attached hydrogen (secondary N) is 2. The molecule has 2 N–H and O–H groups in total. The van der Waals surface area contributed by atoms with E-state index in [4.69, 9.17) is 18.9 Å². The molecule has 0 amide bonds. The molecule has 2 aliphatic heterocycles. The summed E-state index contributed by atoms with van der Waals surface area (Å²) in [6.07, 6.45) is 0.986. The van der Waals surface area contributed by atoms with Gasteiger partial charge in [0, 0.05) is 49.3 Å². The van der Waals surface area contributed by atoms with Crippen LogP contribution in [0.2, 0.25) is 0 Å². The SMILES string of the molecule is CN=C(NCc1cc2c(cc1OC)CC(C)O2)NCc1cc2c(cc1OC(F)F)OCO2.I. The Morgan fingerprint density at radius 2 is 1.70 bits per heavy atom. The van der Waals surface area contributed by atoms with Crippen molar-refractivity contribution in [1.29, 1.82) is 0 Å². The second-order valence-electron chi connectivity index (χ2n) is 7.38. The van der Waals surface area contributed by atoms with Crippen LogP contribution in [0.15, 0.2) is 29.3 Å². The topological polar surface area (TPSA) is 82.6 Å². The molecule has 0 aromatic heterocycles. The standard InChI is InChI=1S/C22H25F2N3O5.HI/c1-12-4-13-5-16(28-3)14(6-17(13)31-12)9-26-22(25-2)27-10-15-7-19-20(30-11-29-19)8-18(15)32-21(23)24;/h5-8,12,21H,4,9-11H2,1-3H3,(H2,25,26,27);1H. The summed E-state index contributed by atoms with van der Waals surface area (Å²) in [5.74, 6) is 2.94. The molecule has 0 saturated heterocycles. The van der Waals surface area contributed by atoms with Crippen molar-refractivity contribution in [3.8, 4) is 28.7 Å². The van der Waals surface area contributed by atoms with Crippen LogP contribution in [-0.2, 0) is 19.5 Å². The fourth-order valence-corrected chi connectivity index (χ4v) is 3.70. The molecule has 0 spiro atoms. The average molecular weight is 577 g/mol. The van der Waals surface area contributed by atoms with Gasteiger partial charge < -0.3 is 34.3 Å². The maximum atomic E-state index is 12.8. The number of alkyl halides is 2. The van der Waals surface area contributed by atoms with Gasteiger partial charge in [0.1, 0.15) is 23.4 Å². The van der Waals surface area contributed by atoms with E-state index < -0.39 is 6.61 Å². The molecule has 0 saturated carbocycles. The molecule has 8 nitrogen and oxygen atoms in total. The van der Waals surface area contributed by atoms with E-state index in [-0.39, 0.29) is 49.2 Å². The molecule has 0 fully saturated rings. The number of aliphatic imine (C=N–C) groups is 1. The van der Waals surface area contributed by atoms with E-state index >= 15 is 0 Å². The van der Waals surface area contributed by atoms with E-state index in [9.17, 15) is 8.78 Å². The Morgan fingerprint density at radius 1 is 1.06 bits per heavy atom. The molecule has 0 radical (unpaired) electrons. The van der Waals surface area contributed by atoms with Gasteiger partial charge in [0.25, 0.3) is 0 Å². The smallest absolute Gasteiger partial charge is 0.387 e. The van der Waals surface area contributed by atoms with Gasteiger partial charge in [-0.3, -0.25) is 4.99 Å². The number of nitrogens with zero attached hydrogens (tertiary/aromatic N) is 1. The van der Waals surface area contributed by atoms with Crippen LogP contribution in [0.25, 0.3) is 0 Å². The molecule has 33 heavy (non-hydrogen) atoms. The zero-order chi connectivity index (χ0) is 22.7. The average Bonchev–Trinajstić information content (AvgIpc) is 3.36. The minimum Gasteiger partial charge on any atom is -0.496 e. The lowest BCUT2D eigenvalue weighted by molar-refractivity contribution is -0.0505. The summed E-state index contributed by atoms with van der Waals surface area (Å²) >= 11 is 0. The van der Waals surface area contributed by atoms with Crippen LogP contribution in [0.4, 0.5) is 8.78 Å². The van der Waals surface area contributed by atoms with E-state index in [2.05, 4.69) is 20.4 Å². The van der Waals surface area contributed by atoms with Gasteiger partial charge in [-0.15, -0.1) is 24.0 Å². The number of fused-ring (bicyclic) bond motifs is 2. The maximum absolute atomic E-state index is 12.8. The quantitative estimate of drug-likeness (QED) is 0.294. The summed E-state index contributed by atoms with van der Waals surface area (Å²) in [6.45, 7) is -0.286. The number of methoxy groups -OCH3 is 1. The largest absolute Gasteiger partial charge is 0.496 e. The van der Waals surface area contributed by atoms with E-state index in [1.165, 1.54) is 6.07 Å². The number of hydrogen-bond acceptors (Lipinski definition) is 6. The van der Waals surface area contributed by atoms with Crippen molar-refractivity contribution in [2.45, 2.75) is 39.1 Å². The summed E-state index contributed by atoms with van der Waals surface area (Å²) in [4.78, 5) is 4.20. The Hall–Kier alpha value is -2.70. The molecule has 2 heterocycles. The van der Waals surface area contributed by atoms with Gasteiger partial charge in [-0.05, 0) is 25.1 Å². The molecule has 2 aromatic carbocycles. The van der Waals surface area contributed by atoms with Gasteiger partial charge in [-0.1, -0.05) is 0 Å². The van der Waals surface area contributed by atoms with Crippen LogP contribution in [-0.4, -0.2) is 39.6 Å². The van der Waals surface area contributed by atoms with E-state index in [1.54, 1.807) is 20.2 Å². The Morgan fingerprint density at radius 3 is 2.33 bits per heavy atom. The number of ether oxygens (including phenoxy) is 5. The van der Waals surface area contributed by atoms with E-state index in [0.717, 1.165) is 29.0 Å². The van der Waals surface area contributed by atoms with Gasteiger partial charge in [0.2, 0.25) is 6.79 Å². The van der Waals surface area contributed by atoms with Gasteiger partial charge in [-0.25, -0.2) is 0 Å². The predicted octanol–water partition coefficient (Wildman–Crippen LogP) is 3.83. The van der Waals surface area contributed by atoms with Crippen molar-refractivity contribution in [3.63, 3.8) is 0 Å². The number of benzene rings is 2. The molecule has 2 aromatic rings. The van der Waals surface area contributed by atoms with Gasteiger partial charge >= 0.3 is 6.61 Å². The zero-order valence-corrected chi connectivity index (χ0v) is 20.8. The second kappa shape index (κ2) is 10.9. The zero-order valence-electron chi connectivity index (χ0n) is 18.4. The molecular weight excluding hydrogens is 551 g/mol. The van der Waals surface area contributed by atoms with Gasteiger partial charge in [0.05, 0.1) is 7.11 Å². The third-order valence-electron chi connectivity index (χ3n) is 5.19. The number of rotatable bonds is 7. The molecular formula is C22H26F2IN3O5. The van der Waals surface area contributed by atoms with E-state index in [0.29, 0.717) is 29.6 Å². The lowest BCUT2D eigenvalue weighted by atomic mass is 10.1. The van der Waals surface area contributed by atoms with Crippen molar-refractivity contribution >= 4 is 29.9 Å². The molecule has 4 rings (SSSR count). The summed E-state index contributed by atoms with van der Waals surface area (Å²) in [5, 5.41) is 6.31. The predicted molar refractivity (Wildman–Crippen MR) is 128 cm³/mol. The van der Waals surface area contributed by atoms with Crippen molar-refractivity contribution in [2.24, 2.45) is 4.99 Å². The summed E-state index contributed by atoms with van der Waals surface area (Å²) < 4.78 is 52.3. The minimum atomic E-state index is -2.95. The van der Waals surface area contributed by atoms with Crippen LogP contribution in [0.3, 0.4) is 0 Å². The van der Waals surface area contributed by atoms with Crippen LogP contribution in [0.1, 0.15) is 23.6 Å². The summed E-state index contributed by atoms with van der Waals surface area (Å²) in [7, 11) is 3.25. The Labute approximate surface area is 207 Å². The monoisotopic (exact) mass is 577 g/mol. The Balaban J connectivity index is 0.00000306. The summed E-state index contributed by atoms with van der Waals surface area (Å²) in [6, 6.07) is 6.97. The Bertz CT molecular complexity index is 1020. The van der Waals surface area contributed by atoms with Crippen LogP contribution >= 0.6 is 24.0 Å². The number of guanidine groups is 1. The summed E-state index contributed by atoms with van der Waals surface area (Å²) in [5.41, 5.74) is 2.51. The molecule has 2 aliphatic rings. The highest BCUT2D eigenvalue weighted by Gasteiger charge is 2.22. The highest BCUT2D eigenvalue weighted by molar-refractivity contribution is 14.0. The van der Waals surface area contributed by atoms with Crippen LogP contribution in [0.5, 0.6) is 28.7 Å². The van der Waals surface area contributed by atoms with Crippen LogP contribution in [0, 0.1) is 0 Å². The number of halogens is 3. The molecule has 1 atom stereocenters. The first-order valence-electron chi connectivity index (χ1n) is 10.1. The van der Waals surface area contributed by atoms with Gasteiger partial charge in [-0.2, -0.15) is 8.78 Å². The van der Waals surface area contributed by atoms with Gasteiger partial charge in [0.15, 0.2) is 17.5 Å². The van der Waals surface area contributed by atoms with Crippen molar-refractivity contribution < 1.29 is 32.5 Å². The second-order valence-corrected chi connectivity index (χ2v) is 7.38. The van der Waals surface area contributed by atoms with Crippen molar-refractivity contribution in [3.05, 3.63) is 41.0 Å². The van der Waals surface area contributed by atoms with Crippen LogP contribution < -0.4 is 34.3 Å². The van der Waals surface area contributed by atoms with E-state index in [1.807, 2.05) is 19.1 Å². The first-order chi connectivity index (χ1) is 15.5. The lowest BCUT2D eigenvalue weighted by Gasteiger charge is -2.16. The minimum absolute atomic E-state index is 0. The highest BCUT2D eigenvalue weighted by Crippen LogP contribution is 2.39. The van der Waals surface area contributed by atoms with Crippen molar-refractivity contribution in [1.82, 2.24) is 10.6 Å². The third kappa shape index (κ3) is 5.81. The lowest BCUT2D eigenvalue weighted by Crippen LogP contribution is -2.36.